The highest BCUT2D eigenvalue weighted by Crippen LogP contribution is 2.24. The van der Waals surface area contributed by atoms with Crippen molar-refractivity contribution >= 4 is 46.8 Å². The summed E-state index contributed by atoms with van der Waals surface area (Å²) in [6.07, 6.45) is -0.109. The third-order valence-corrected chi connectivity index (χ3v) is 6.50. The summed E-state index contributed by atoms with van der Waals surface area (Å²) in [6.45, 7) is 3.31. The topological polar surface area (TPSA) is 78.9 Å². The van der Waals surface area contributed by atoms with Crippen LogP contribution in [0.3, 0.4) is 0 Å². The Hall–Kier alpha value is -1.77. The highest BCUT2D eigenvalue weighted by molar-refractivity contribution is 8.00. The molecule has 0 unspecified atom stereocenters. The number of carbonyl (C=O) groups is 2. The average molecular weight is 483 g/mol. The van der Waals surface area contributed by atoms with Gasteiger partial charge in [0.15, 0.2) is 0 Å². The number of carboxylic acid groups (broad SMARTS) is 1. The van der Waals surface area contributed by atoms with Gasteiger partial charge in [-0.05, 0) is 35.4 Å². The van der Waals surface area contributed by atoms with E-state index in [1.54, 1.807) is 24.3 Å². The van der Waals surface area contributed by atoms with Gasteiger partial charge in [-0.3, -0.25) is 14.5 Å². The quantitative estimate of drug-likeness (QED) is 0.530. The smallest absolute Gasteiger partial charge is 0.307 e. The minimum atomic E-state index is -0.874. The summed E-state index contributed by atoms with van der Waals surface area (Å²) >= 11 is 13.5. The Morgan fingerprint density at radius 3 is 2.77 bits per heavy atom. The predicted molar refractivity (Wildman–Crippen MR) is 123 cm³/mol. The molecule has 0 aliphatic carbocycles. The fourth-order valence-electron chi connectivity index (χ4n) is 3.29. The van der Waals surface area contributed by atoms with E-state index in [9.17, 15) is 9.59 Å². The van der Waals surface area contributed by atoms with Gasteiger partial charge in [-0.25, -0.2) is 0 Å². The second-order valence-corrected chi connectivity index (χ2v) is 9.15. The van der Waals surface area contributed by atoms with E-state index in [2.05, 4.69) is 10.2 Å². The zero-order chi connectivity index (χ0) is 22.2. The van der Waals surface area contributed by atoms with Crippen LogP contribution in [0.4, 0.5) is 0 Å². The van der Waals surface area contributed by atoms with Gasteiger partial charge in [-0.1, -0.05) is 41.4 Å². The first kappa shape index (κ1) is 23.9. The van der Waals surface area contributed by atoms with Gasteiger partial charge in [0.2, 0.25) is 5.91 Å². The van der Waals surface area contributed by atoms with E-state index in [4.69, 9.17) is 33.0 Å². The summed E-state index contributed by atoms with van der Waals surface area (Å²) in [6, 6.07) is 12.9. The fraction of sp³-hybridized carbons (Fsp3) is 0.364. The number of nitrogens with zero attached hydrogens (tertiary/aromatic N) is 1. The van der Waals surface area contributed by atoms with Crippen molar-refractivity contribution in [3.8, 4) is 0 Å². The predicted octanol–water partition coefficient (Wildman–Crippen LogP) is 3.73. The Balaban J connectivity index is 1.41. The van der Waals surface area contributed by atoms with Crippen LogP contribution < -0.4 is 5.32 Å². The van der Waals surface area contributed by atoms with E-state index in [-0.39, 0.29) is 24.2 Å². The van der Waals surface area contributed by atoms with Crippen LogP contribution in [-0.4, -0.2) is 60.0 Å². The molecule has 166 valence electrons. The molecule has 3 rings (SSSR count). The average Bonchev–Trinajstić information content (AvgIpc) is 2.73. The number of amides is 1. The van der Waals surface area contributed by atoms with E-state index in [0.29, 0.717) is 29.7 Å². The molecule has 2 aromatic rings. The summed E-state index contributed by atoms with van der Waals surface area (Å²) in [5.74, 6) is -0.699. The van der Waals surface area contributed by atoms with E-state index < -0.39 is 5.97 Å². The van der Waals surface area contributed by atoms with Gasteiger partial charge in [0.05, 0.1) is 34.9 Å². The van der Waals surface area contributed by atoms with Crippen LogP contribution in [0, 0.1) is 0 Å². The number of hydrogen-bond acceptors (Lipinski definition) is 5. The lowest BCUT2D eigenvalue weighted by molar-refractivity contribution is -0.136. The van der Waals surface area contributed by atoms with E-state index >= 15 is 0 Å². The molecule has 0 saturated carbocycles. The van der Waals surface area contributed by atoms with Crippen molar-refractivity contribution in [2.24, 2.45) is 0 Å². The zero-order valence-corrected chi connectivity index (χ0v) is 19.2. The van der Waals surface area contributed by atoms with Gasteiger partial charge < -0.3 is 15.2 Å². The molecule has 6 nitrogen and oxygen atoms in total. The maximum Gasteiger partial charge on any atom is 0.307 e. The molecular formula is C22H24Cl2N2O4S. The number of hydrogen-bond donors (Lipinski definition) is 2. The van der Waals surface area contributed by atoms with Crippen LogP contribution in [0.1, 0.15) is 11.1 Å². The summed E-state index contributed by atoms with van der Waals surface area (Å²) in [5.41, 5.74) is 1.80. The van der Waals surface area contributed by atoms with Crippen molar-refractivity contribution in [2.45, 2.75) is 24.0 Å². The van der Waals surface area contributed by atoms with Crippen molar-refractivity contribution in [1.82, 2.24) is 10.2 Å². The Labute approximate surface area is 195 Å². The molecule has 1 aliphatic rings. The molecular weight excluding hydrogens is 459 g/mol. The maximum absolute atomic E-state index is 12.2. The summed E-state index contributed by atoms with van der Waals surface area (Å²) in [7, 11) is 0. The first-order valence-electron chi connectivity index (χ1n) is 9.87. The van der Waals surface area contributed by atoms with Gasteiger partial charge in [0.25, 0.3) is 0 Å². The third kappa shape index (κ3) is 8.01. The number of rotatable bonds is 9. The number of thioether (sulfide) groups is 1. The standard InChI is InChI=1S/C22H24Cl2N2O4S/c23-19-5-4-16(9-20(19)24)12-26-6-7-30-17(13-26)11-25-21(27)14-31-18-3-1-2-15(8-18)10-22(28)29/h1-5,8-9,17H,6-7,10-14H2,(H,25,27)(H,28,29)/t17-/m0/s1. The summed E-state index contributed by atoms with van der Waals surface area (Å²) in [5, 5.41) is 12.9. The number of halogens is 2. The molecule has 1 aliphatic heterocycles. The molecule has 2 N–H and O–H groups in total. The number of carbonyl (C=O) groups excluding carboxylic acids is 1. The highest BCUT2D eigenvalue weighted by atomic mass is 35.5. The molecule has 31 heavy (non-hydrogen) atoms. The molecule has 1 fully saturated rings. The van der Waals surface area contributed by atoms with Crippen LogP contribution in [-0.2, 0) is 27.3 Å². The van der Waals surface area contributed by atoms with Crippen molar-refractivity contribution in [1.29, 1.82) is 0 Å². The lowest BCUT2D eigenvalue weighted by atomic mass is 10.2. The number of ether oxygens (including phenoxy) is 1. The number of benzene rings is 2. The van der Waals surface area contributed by atoms with Crippen molar-refractivity contribution in [3.05, 3.63) is 63.6 Å². The molecule has 2 aromatic carbocycles. The molecule has 0 bridgehead atoms. The van der Waals surface area contributed by atoms with Crippen LogP contribution in [0.15, 0.2) is 47.4 Å². The summed E-state index contributed by atoms with van der Waals surface area (Å²) in [4.78, 5) is 26.2. The molecule has 1 heterocycles. The van der Waals surface area contributed by atoms with Crippen LogP contribution in [0.5, 0.6) is 0 Å². The first-order chi connectivity index (χ1) is 14.9. The van der Waals surface area contributed by atoms with Crippen molar-refractivity contribution in [3.63, 3.8) is 0 Å². The third-order valence-electron chi connectivity index (χ3n) is 4.76. The molecule has 1 atom stereocenters. The number of aliphatic carboxylic acids is 1. The normalized spacial score (nSPS) is 16.8. The lowest BCUT2D eigenvalue weighted by Crippen LogP contribution is -2.47. The van der Waals surface area contributed by atoms with E-state index in [1.807, 2.05) is 18.2 Å². The Kier molecular flexibility index (Phi) is 9.04. The minimum Gasteiger partial charge on any atom is -0.481 e. The first-order valence-corrected chi connectivity index (χ1v) is 11.6. The SMILES string of the molecule is O=C(O)Cc1cccc(SCC(=O)NC[C@H]2CN(Cc3ccc(Cl)c(Cl)c3)CCO2)c1. The molecule has 0 radical (unpaired) electrons. The van der Waals surface area contributed by atoms with E-state index in [0.717, 1.165) is 29.1 Å². The van der Waals surface area contributed by atoms with Gasteiger partial charge in [-0.15, -0.1) is 11.8 Å². The Morgan fingerprint density at radius 1 is 1.16 bits per heavy atom. The lowest BCUT2D eigenvalue weighted by Gasteiger charge is -2.33. The number of nitrogens with one attached hydrogen (secondary N) is 1. The second kappa shape index (κ2) is 11.7. The zero-order valence-electron chi connectivity index (χ0n) is 16.9. The Morgan fingerprint density at radius 2 is 2.00 bits per heavy atom. The van der Waals surface area contributed by atoms with Crippen molar-refractivity contribution < 1.29 is 19.4 Å². The highest BCUT2D eigenvalue weighted by Gasteiger charge is 2.21. The van der Waals surface area contributed by atoms with Gasteiger partial charge in [0, 0.05) is 31.1 Å². The van der Waals surface area contributed by atoms with Crippen LogP contribution >= 0.6 is 35.0 Å². The van der Waals surface area contributed by atoms with Crippen molar-refractivity contribution in [2.75, 3.05) is 32.0 Å². The van der Waals surface area contributed by atoms with Crippen LogP contribution in [0.25, 0.3) is 0 Å². The number of carboxylic acids is 1. The van der Waals surface area contributed by atoms with Gasteiger partial charge in [-0.2, -0.15) is 0 Å². The summed E-state index contributed by atoms with van der Waals surface area (Å²) < 4.78 is 5.79. The number of morpholine rings is 1. The molecule has 0 aromatic heterocycles. The Bertz CT molecular complexity index is 928. The molecule has 1 saturated heterocycles. The fourth-order valence-corrected chi connectivity index (χ4v) is 4.42. The monoisotopic (exact) mass is 482 g/mol. The molecule has 0 spiro atoms. The second-order valence-electron chi connectivity index (χ2n) is 7.29. The van der Waals surface area contributed by atoms with Crippen LogP contribution in [0.2, 0.25) is 10.0 Å². The molecule has 9 heteroatoms. The maximum atomic E-state index is 12.2. The largest absolute Gasteiger partial charge is 0.481 e. The molecule has 1 amide bonds. The van der Waals surface area contributed by atoms with Gasteiger partial charge >= 0.3 is 5.97 Å². The van der Waals surface area contributed by atoms with Gasteiger partial charge in [0.1, 0.15) is 0 Å². The minimum absolute atomic E-state index is 0.0294. The van der Waals surface area contributed by atoms with E-state index in [1.165, 1.54) is 11.8 Å².